The van der Waals surface area contributed by atoms with Crippen molar-refractivity contribution in [2.24, 2.45) is 5.10 Å². The highest BCUT2D eigenvalue weighted by atomic mass is 35.5. The number of alkyl halides is 2. The third-order valence-electron chi connectivity index (χ3n) is 6.92. The minimum absolute atomic E-state index is 0.0299. The van der Waals surface area contributed by atoms with Crippen molar-refractivity contribution in [1.29, 1.82) is 0 Å². The van der Waals surface area contributed by atoms with Crippen molar-refractivity contribution in [3.63, 3.8) is 0 Å². The van der Waals surface area contributed by atoms with Gasteiger partial charge in [-0.3, -0.25) is 9.59 Å². The van der Waals surface area contributed by atoms with Crippen molar-refractivity contribution in [2.45, 2.75) is 24.8 Å². The molecule has 41 heavy (non-hydrogen) atoms. The van der Waals surface area contributed by atoms with Gasteiger partial charge in [0.15, 0.2) is 0 Å². The van der Waals surface area contributed by atoms with Crippen LogP contribution in [-0.4, -0.2) is 32.5 Å². The normalized spacial score (nSPS) is 15.4. The number of hydrogen-bond acceptors (Lipinski definition) is 5. The largest absolute Gasteiger partial charge is 0.332 e. The van der Waals surface area contributed by atoms with E-state index in [1.807, 2.05) is 12.1 Å². The molecule has 0 saturated heterocycles. The number of thiazole rings is 1. The van der Waals surface area contributed by atoms with Gasteiger partial charge in [0.1, 0.15) is 0 Å². The summed E-state index contributed by atoms with van der Waals surface area (Å²) in [5.41, 5.74) is 3.90. The van der Waals surface area contributed by atoms with Gasteiger partial charge >= 0.3 is 11.8 Å². The first-order valence-electron chi connectivity index (χ1n) is 12.5. The molecule has 206 valence electrons. The highest BCUT2D eigenvalue weighted by molar-refractivity contribution is 7.07. The molecule has 0 radical (unpaired) electrons. The Labute approximate surface area is 246 Å². The monoisotopic (exact) mass is 608 g/mol. The molecule has 3 aromatic carbocycles. The van der Waals surface area contributed by atoms with Gasteiger partial charge in [-0.2, -0.15) is 13.9 Å². The fourth-order valence-corrected chi connectivity index (χ4v) is 5.83. The van der Waals surface area contributed by atoms with Crippen molar-refractivity contribution in [2.75, 3.05) is 0 Å². The minimum atomic E-state index is -3.79. The number of amides is 1. The molecule has 0 aliphatic carbocycles. The minimum Gasteiger partial charge on any atom is -0.321 e. The lowest BCUT2D eigenvalue weighted by Gasteiger charge is -2.26. The van der Waals surface area contributed by atoms with E-state index in [-0.39, 0.29) is 23.4 Å². The van der Waals surface area contributed by atoms with Crippen LogP contribution in [0, 0.1) is 0 Å². The number of carbonyl (C=O) groups excluding carboxylic acids is 1. The molecule has 2 aromatic heterocycles. The summed E-state index contributed by atoms with van der Waals surface area (Å²) in [4.78, 5) is 33.8. The zero-order valence-corrected chi connectivity index (χ0v) is 23.5. The number of pyridine rings is 1. The van der Waals surface area contributed by atoms with Crippen LogP contribution in [0.4, 0.5) is 8.78 Å². The molecule has 1 unspecified atom stereocenters. The average Bonchev–Trinajstić information content (AvgIpc) is 3.63. The van der Waals surface area contributed by atoms with Crippen LogP contribution in [0.5, 0.6) is 0 Å². The number of rotatable bonds is 6. The standard InChI is InChI=1S/C30H20Cl2F2N4O2S/c31-19-9-5-17(6-10-19)25-13-24(37-38(25)29(40)30(33,34)14-21-15-41-16-35-21)27-26(18-7-11-20(32)12-8-18)22-3-1-2-4-23(22)36-28(27)39/h1-12,15-16,25H,13-14H2,(H,36,39). The van der Waals surface area contributed by atoms with Gasteiger partial charge in [0.05, 0.1) is 34.9 Å². The first-order valence-corrected chi connectivity index (χ1v) is 14.2. The summed E-state index contributed by atoms with van der Waals surface area (Å²) in [6, 6.07) is 19.9. The maximum Gasteiger partial charge on any atom is 0.332 e. The number of aromatic nitrogens is 2. The van der Waals surface area contributed by atoms with Gasteiger partial charge in [-0.15, -0.1) is 11.3 Å². The lowest BCUT2D eigenvalue weighted by Crippen LogP contribution is -2.42. The Kier molecular flexibility index (Phi) is 7.19. The maximum atomic E-state index is 15.4. The Morgan fingerprint density at radius 3 is 2.37 bits per heavy atom. The second-order valence-electron chi connectivity index (χ2n) is 9.59. The molecule has 6 nitrogen and oxygen atoms in total. The van der Waals surface area contributed by atoms with E-state index in [9.17, 15) is 9.59 Å². The summed E-state index contributed by atoms with van der Waals surface area (Å²) in [6.45, 7) is 0. The number of fused-ring (bicyclic) bond motifs is 1. The zero-order chi connectivity index (χ0) is 28.7. The molecule has 1 amide bonds. The van der Waals surface area contributed by atoms with Gasteiger partial charge in [-0.05, 0) is 41.5 Å². The molecule has 0 bridgehead atoms. The number of hydrazone groups is 1. The Morgan fingerprint density at radius 1 is 1.00 bits per heavy atom. The SMILES string of the molecule is O=C(N1N=C(c2c(-c3ccc(Cl)cc3)c3ccccc3[nH]c2=O)CC1c1ccc(Cl)cc1)C(F)(F)Cc1cscn1. The first-order chi connectivity index (χ1) is 19.7. The van der Waals surface area contributed by atoms with Crippen LogP contribution >= 0.6 is 34.5 Å². The molecule has 0 fully saturated rings. The summed E-state index contributed by atoms with van der Waals surface area (Å²) in [6.07, 6.45) is -0.835. The number of hydrogen-bond donors (Lipinski definition) is 1. The molecule has 1 aliphatic heterocycles. The van der Waals surface area contributed by atoms with E-state index in [0.29, 0.717) is 32.3 Å². The Morgan fingerprint density at radius 2 is 1.68 bits per heavy atom. The zero-order valence-electron chi connectivity index (χ0n) is 21.2. The highest BCUT2D eigenvalue weighted by Crippen LogP contribution is 2.39. The Bertz CT molecular complexity index is 1840. The highest BCUT2D eigenvalue weighted by Gasteiger charge is 2.48. The number of para-hydroxylation sites is 1. The van der Waals surface area contributed by atoms with Crippen LogP contribution in [-0.2, 0) is 11.2 Å². The number of carbonyl (C=O) groups is 1. The van der Waals surface area contributed by atoms with Crippen molar-refractivity contribution in [3.05, 3.63) is 121 Å². The van der Waals surface area contributed by atoms with E-state index in [1.165, 1.54) is 22.2 Å². The lowest BCUT2D eigenvalue weighted by atomic mass is 9.91. The molecule has 3 heterocycles. The smallest absolute Gasteiger partial charge is 0.321 e. The molecule has 0 saturated carbocycles. The van der Waals surface area contributed by atoms with Crippen LogP contribution in [0.15, 0.2) is 93.6 Å². The van der Waals surface area contributed by atoms with E-state index in [4.69, 9.17) is 23.2 Å². The van der Waals surface area contributed by atoms with Gasteiger partial charge in [-0.25, -0.2) is 9.99 Å². The van der Waals surface area contributed by atoms with Crippen molar-refractivity contribution in [1.82, 2.24) is 15.0 Å². The number of nitrogens with one attached hydrogen (secondary N) is 1. The second-order valence-corrected chi connectivity index (χ2v) is 11.2. The van der Waals surface area contributed by atoms with Gasteiger partial charge in [-0.1, -0.05) is 65.7 Å². The Balaban J connectivity index is 1.52. The number of benzene rings is 3. The number of aromatic amines is 1. The molecule has 11 heteroatoms. The maximum absolute atomic E-state index is 15.4. The van der Waals surface area contributed by atoms with Gasteiger partial charge in [0, 0.05) is 38.3 Å². The molecule has 6 rings (SSSR count). The van der Waals surface area contributed by atoms with Crippen molar-refractivity contribution < 1.29 is 13.6 Å². The van der Waals surface area contributed by atoms with E-state index < -0.39 is 29.9 Å². The molecule has 0 spiro atoms. The molecule has 5 aromatic rings. The van der Waals surface area contributed by atoms with E-state index in [2.05, 4.69) is 15.1 Å². The van der Waals surface area contributed by atoms with Crippen LogP contribution in [0.3, 0.4) is 0 Å². The fourth-order valence-electron chi connectivity index (χ4n) is 5.02. The predicted octanol–water partition coefficient (Wildman–Crippen LogP) is 7.51. The molecular weight excluding hydrogens is 589 g/mol. The van der Waals surface area contributed by atoms with Crippen molar-refractivity contribution >= 4 is 57.1 Å². The topological polar surface area (TPSA) is 78.4 Å². The van der Waals surface area contributed by atoms with Crippen LogP contribution in [0.2, 0.25) is 10.0 Å². The molecule has 1 aliphatic rings. The van der Waals surface area contributed by atoms with Crippen LogP contribution in [0.25, 0.3) is 22.0 Å². The summed E-state index contributed by atoms with van der Waals surface area (Å²) >= 11 is 13.4. The quantitative estimate of drug-likeness (QED) is 0.216. The molecule has 1 atom stereocenters. The fraction of sp³-hybridized carbons (Fsp3) is 0.133. The molecule has 1 N–H and O–H groups in total. The van der Waals surface area contributed by atoms with E-state index in [0.717, 1.165) is 10.4 Å². The lowest BCUT2D eigenvalue weighted by molar-refractivity contribution is -0.159. The van der Waals surface area contributed by atoms with Gasteiger partial charge in [0.25, 0.3) is 5.56 Å². The summed E-state index contributed by atoms with van der Waals surface area (Å²) < 4.78 is 30.8. The Hall–Kier alpha value is -3.92. The molecular formula is C30H20Cl2F2N4O2S. The number of halogens is 4. The van der Waals surface area contributed by atoms with Crippen LogP contribution in [0.1, 0.15) is 29.3 Å². The number of H-pyrrole nitrogens is 1. The van der Waals surface area contributed by atoms with Gasteiger partial charge in [0.2, 0.25) is 0 Å². The van der Waals surface area contributed by atoms with Crippen LogP contribution < -0.4 is 5.56 Å². The van der Waals surface area contributed by atoms with Gasteiger partial charge < -0.3 is 4.98 Å². The van der Waals surface area contributed by atoms with Crippen molar-refractivity contribution in [3.8, 4) is 11.1 Å². The summed E-state index contributed by atoms with van der Waals surface area (Å²) in [5.74, 6) is -5.27. The van der Waals surface area contributed by atoms with E-state index >= 15 is 8.78 Å². The van der Waals surface area contributed by atoms with E-state index in [1.54, 1.807) is 60.7 Å². The summed E-state index contributed by atoms with van der Waals surface area (Å²) in [5, 5.41) is 8.40. The third kappa shape index (κ3) is 5.28. The number of nitrogens with zero attached hydrogens (tertiary/aromatic N) is 3. The second kappa shape index (κ2) is 10.8. The third-order valence-corrected chi connectivity index (χ3v) is 8.06. The predicted molar refractivity (Wildman–Crippen MR) is 158 cm³/mol. The average molecular weight is 609 g/mol. The summed E-state index contributed by atoms with van der Waals surface area (Å²) in [7, 11) is 0. The first kappa shape index (κ1) is 27.3.